The van der Waals surface area contributed by atoms with Crippen LogP contribution in [0.5, 0.6) is 0 Å². The Bertz CT molecular complexity index is 903. The highest BCUT2D eigenvalue weighted by Crippen LogP contribution is 2.34. The third kappa shape index (κ3) is 3.43. The number of para-hydroxylation sites is 1. The van der Waals surface area contributed by atoms with Crippen LogP contribution in [0.25, 0.3) is 10.2 Å². The average Bonchev–Trinajstić information content (AvgIpc) is 3.26. The molecule has 1 aromatic heterocycles. The van der Waals surface area contributed by atoms with Gasteiger partial charge in [0.1, 0.15) is 5.54 Å². The molecule has 154 valence electrons. The van der Waals surface area contributed by atoms with Crippen molar-refractivity contribution < 1.29 is 9.59 Å². The molecule has 29 heavy (non-hydrogen) atoms. The summed E-state index contributed by atoms with van der Waals surface area (Å²) in [5.74, 6) is 0.317. The maximum absolute atomic E-state index is 13.1. The zero-order valence-electron chi connectivity index (χ0n) is 16.8. The summed E-state index contributed by atoms with van der Waals surface area (Å²) in [5, 5.41) is 4.18. The molecule has 3 aliphatic rings. The third-order valence-electron chi connectivity index (χ3n) is 6.59. The van der Waals surface area contributed by atoms with Crippen molar-refractivity contribution in [3.63, 3.8) is 0 Å². The standard InChI is InChI=1S/C21H27N5O2S/c1-24-11-8-21(9-12-24)19(27)26(20(28)23-21)14-25-10-4-5-15(13-25)18-22-16-6-2-3-7-17(16)29-18/h2-3,6-7,15H,4-5,8-14H2,1H3,(H,23,28)/t15-/m0/s1. The van der Waals surface area contributed by atoms with Crippen molar-refractivity contribution in [1.82, 2.24) is 25.0 Å². The lowest BCUT2D eigenvalue weighted by Crippen LogP contribution is -2.54. The number of thiazole rings is 1. The van der Waals surface area contributed by atoms with E-state index in [2.05, 4.69) is 34.3 Å². The maximum atomic E-state index is 13.1. The Labute approximate surface area is 174 Å². The summed E-state index contributed by atoms with van der Waals surface area (Å²) in [6.07, 6.45) is 3.55. The summed E-state index contributed by atoms with van der Waals surface area (Å²) >= 11 is 1.77. The number of urea groups is 1. The summed E-state index contributed by atoms with van der Waals surface area (Å²) in [5.41, 5.74) is 0.370. The highest BCUT2D eigenvalue weighted by Gasteiger charge is 2.52. The first-order chi connectivity index (χ1) is 14.0. The van der Waals surface area contributed by atoms with Crippen molar-refractivity contribution in [2.45, 2.75) is 37.1 Å². The molecule has 3 saturated heterocycles. The molecular formula is C21H27N5O2S. The Morgan fingerprint density at radius 3 is 2.79 bits per heavy atom. The zero-order chi connectivity index (χ0) is 20.0. The van der Waals surface area contributed by atoms with E-state index in [1.54, 1.807) is 11.3 Å². The van der Waals surface area contributed by atoms with Gasteiger partial charge in [-0.15, -0.1) is 11.3 Å². The second-order valence-corrected chi connectivity index (χ2v) is 9.69. The highest BCUT2D eigenvalue weighted by molar-refractivity contribution is 7.18. The van der Waals surface area contributed by atoms with Crippen molar-refractivity contribution in [2.24, 2.45) is 0 Å². The molecule has 0 unspecified atom stereocenters. The fourth-order valence-electron chi connectivity index (χ4n) is 4.79. The van der Waals surface area contributed by atoms with Crippen LogP contribution in [0.1, 0.15) is 36.6 Å². The smallest absolute Gasteiger partial charge is 0.323 e. The number of hydrogen-bond donors (Lipinski definition) is 1. The number of carbonyl (C=O) groups is 2. The second-order valence-electron chi connectivity index (χ2n) is 8.63. The predicted octanol–water partition coefficient (Wildman–Crippen LogP) is 2.45. The van der Waals surface area contributed by atoms with Crippen molar-refractivity contribution in [2.75, 3.05) is 39.9 Å². The quantitative estimate of drug-likeness (QED) is 0.783. The topological polar surface area (TPSA) is 68.8 Å². The molecule has 0 saturated carbocycles. The van der Waals surface area contributed by atoms with Gasteiger partial charge in [-0.2, -0.15) is 0 Å². The van der Waals surface area contributed by atoms with Crippen molar-refractivity contribution in [1.29, 1.82) is 0 Å². The summed E-state index contributed by atoms with van der Waals surface area (Å²) in [6.45, 7) is 3.80. The number of amides is 3. The monoisotopic (exact) mass is 413 g/mol. The fourth-order valence-corrected chi connectivity index (χ4v) is 5.89. The normalized spacial score (nSPS) is 25.8. The first-order valence-corrected chi connectivity index (χ1v) is 11.3. The molecule has 2 aromatic rings. The summed E-state index contributed by atoms with van der Waals surface area (Å²) < 4.78 is 1.22. The van der Waals surface area contributed by atoms with Crippen LogP contribution in [-0.4, -0.2) is 77.1 Å². The van der Waals surface area contributed by atoms with Crippen LogP contribution in [0.4, 0.5) is 4.79 Å². The largest absolute Gasteiger partial charge is 0.326 e. The van der Waals surface area contributed by atoms with E-state index in [1.165, 1.54) is 14.6 Å². The van der Waals surface area contributed by atoms with Crippen LogP contribution >= 0.6 is 11.3 Å². The summed E-state index contributed by atoms with van der Waals surface area (Å²) in [7, 11) is 2.06. The second kappa shape index (κ2) is 7.34. The van der Waals surface area contributed by atoms with Gasteiger partial charge in [-0.1, -0.05) is 12.1 Å². The predicted molar refractivity (Wildman–Crippen MR) is 113 cm³/mol. The number of nitrogens with zero attached hydrogens (tertiary/aromatic N) is 4. The molecule has 8 heteroatoms. The van der Waals surface area contributed by atoms with Crippen LogP contribution in [0.2, 0.25) is 0 Å². The number of hydrogen-bond acceptors (Lipinski definition) is 6. The molecule has 7 nitrogen and oxygen atoms in total. The molecule has 1 N–H and O–H groups in total. The number of imide groups is 1. The van der Waals surface area contributed by atoms with Gasteiger partial charge in [-0.25, -0.2) is 14.7 Å². The minimum Gasteiger partial charge on any atom is -0.323 e. The van der Waals surface area contributed by atoms with Gasteiger partial charge in [0, 0.05) is 25.6 Å². The lowest BCUT2D eigenvalue weighted by atomic mass is 9.88. The minimum absolute atomic E-state index is 0.0438. The molecule has 3 amide bonds. The lowest BCUT2D eigenvalue weighted by molar-refractivity contribution is -0.134. The van der Waals surface area contributed by atoms with Crippen LogP contribution in [0, 0.1) is 0 Å². The van der Waals surface area contributed by atoms with Crippen molar-refractivity contribution in [3.8, 4) is 0 Å². The van der Waals surface area contributed by atoms with Crippen LogP contribution < -0.4 is 5.32 Å². The first kappa shape index (κ1) is 19.0. The molecule has 3 aliphatic heterocycles. The Morgan fingerprint density at radius 2 is 2.00 bits per heavy atom. The van der Waals surface area contributed by atoms with E-state index < -0.39 is 5.54 Å². The van der Waals surface area contributed by atoms with Gasteiger partial charge in [-0.05, 0) is 51.4 Å². The molecule has 0 aliphatic carbocycles. The van der Waals surface area contributed by atoms with E-state index in [0.29, 0.717) is 25.4 Å². The van der Waals surface area contributed by atoms with Crippen LogP contribution in [0.3, 0.4) is 0 Å². The molecule has 0 bridgehead atoms. The molecule has 0 radical (unpaired) electrons. The molecule has 5 rings (SSSR count). The van der Waals surface area contributed by atoms with Gasteiger partial charge in [0.15, 0.2) is 0 Å². The molecule has 4 heterocycles. The van der Waals surface area contributed by atoms with Gasteiger partial charge < -0.3 is 10.2 Å². The number of rotatable bonds is 3. The number of carbonyl (C=O) groups excluding carboxylic acids is 2. The zero-order valence-corrected chi connectivity index (χ0v) is 17.6. The number of nitrogens with one attached hydrogen (secondary N) is 1. The fraction of sp³-hybridized carbons (Fsp3) is 0.571. The molecule has 1 atom stereocenters. The van der Waals surface area contributed by atoms with Gasteiger partial charge in [0.25, 0.3) is 5.91 Å². The minimum atomic E-state index is -0.689. The Balaban J connectivity index is 1.28. The van der Waals surface area contributed by atoms with Crippen molar-refractivity contribution >= 4 is 33.5 Å². The van der Waals surface area contributed by atoms with E-state index >= 15 is 0 Å². The molecule has 1 aromatic carbocycles. The number of aromatic nitrogens is 1. The first-order valence-electron chi connectivity index (χ1n) is 10.4. The van der Waals surface area contributed by atoms with E-state index in [9.17, 15) is 9.59 Å². The molecular weight excluding hydrogens is 386 g/mol. The third-order valence-corrected chi connectivity index (χ3v) is 7.79. The van der Waals surface area contributed by atoms with Crippen molar-refractivity contribution in [3.05, 3.63) is 29.3 Å². The van der Waals surface area contributed by atoms with Crippen LogP contribution in [-0.2, 0) is 4.79 Å². The maximum Gasteiger partial charge on any atom is 0.326 e. The van der Waals surface area contributed by atoms with Gasteiger partial charge in [-0.3, -0.25) is 9.69 Å². The number of piperidine rings is 2. The Morgan fingerprint density at radius 1 is 1.21 bits per heavy atom. The SMILES string of the molecule is CN1CCC2(CC1)NC(=O)N(CN1CCC[C@H](c3nc4ccccc4s3)C1)C2=O. The van der Waals surface area contributed by atoms with Gasteiger partial charge in [0.05, 0.1) is 21.9 Å². The van der Waals surface area contributed by atoms with Crippen LogP contribution in [0.15, 0.2) is 24.3 Å². The Hall–Kier alpha value is -2.03. The molecule has 1 spiro atoms. The number of benzene rings is 1. The van der Waals surface area contributed by atoms with E-state index in [4.69, 9.17) is 4.98 Å². The summed E-state index contributed by atoms with van der Waals surface area (Å²) in [4.78, 5) is 36.5. The Kier molecular flexibility index (Phi) is 4.80. The van der Waals surface area contributed by atoms with Gasteiger partial charge >= 0.3 is 6.03 Å². The number of likely N-dealkylation sites (tertiary alicyclic amines) is 2. The van der Waals surface area contributed by atoms with E-state index in [1.807, 2.05) is 12.1 Å². The lowest BCUT2D eigenvalue weighted by Gasteiger charge is -2.36. The van der Waals surface area contributed by atoms with E-state index in [-0.39, 0.29) is 11.9 Å². The average molecular weight is 414 g/mol. The van der Waals surface area contributed by atoms with Gasteiger partial charge in [0.2, 0.25) is 0 Å². The molecule has 3 fully saturated rings. The van der Waals surface area contributed by atoms with E-state index in [0.717, 1.165) is 44.5 Å². The summed E-state index contributed by atoms with van der Waals surface area (Å²) in [6, 6.07) is 8.01. The number of fused-ring (bicyclic) bond motifs is 1. The highest BCUT2D eigenvalue weighted by atomic mass is 32.1.